The van der Waals surface area contributed by atoms with Gasteiger partial charge in [-0.3, -0.25) is 9.10 Å². The van der Waals surface area contributed by atoms with Crippen molar-refractivity contribution >= 4 is 27.3 Å². The molecule has 0 spiro atoms. The van der Waals surface area contributed by atoms with Gasteiger partial charge in [0, 0.05) is 11.8 Å². The summed E-state index contributed by atoms with van der Waals surface area (Å²) in [6.45, 7) is 1.79. The molecule has 2 aliphatic rings. The molecule has 0 saturated carbocycles. The van der Waals surface area contributed by atoms with E-state index in [1.807, 2.05) is 6.92 Å². The second-order valence-corrected chi connectivity index (χ2v) is 9.71. The van der Waals surface area contributed by atoms with Crippen LogP contribution in [0.25, 0.3) is 0 Å². The van der Waals surface area contributed by atoms with E-state index in [2.05, 4.69) is 5.32 Å². The van der Waals surface area contributed by atoms with Crippen molar-refractivity contribution in [1.82, 2.24) is 0 Å². The Bertz CT molecular complexity index is 1360. The summed E-state index contributed by atoms with van der Waals surface area (Å²) in [7, 11) is -2.47. The predicted molar refractivity (Wildman–Crippen MR) is 124 cm³/mol. The number of hydrogen-bond donors (Lipinski definition) is 1. The molecular weight excluding hydrogens is 460 g/mol. The van der Waals surface area contributed by atoms with E-state index in [0.29, 0.717) is 34.4 Å². The number of amides is 1. The lowest BCUT2D eigenvalue weighted by atomic mass is 10.1. The van der Waals surface area contributed by atoms with Crippen LogP contribution >= 0.6 is 0 Å². The van der Waals surface area contributed by atoms with E-state index in [4.69, 9.17) is 18.9 Å². The normalized spacial score (nSPS) is 16.4. The number of fused-ring (bicyclic) bond motifs is 2. The molecule has 3 aromatic rings. The van der Waals surface area contributed by atoms with Gasteiger partial charge in [-0.2, -0.15) is 0 Å². The molecule has 0 radical (unpaired) electrons. The highest BCUT2D eigenvalue weighted by Crippen LogP contribution is 2.38. The smallest absolute Gasteiger partial charge is 0.267 e. The third kappa shape index (κ3) is 3.96. The van der Waals surface area contributed by atoms with Crippen LogP contribution in [0.5, 0.6) is 23.0 Å². The first-order valence-electron chi connectivity index (χ1n) is 10.5. The highest BCUT2D eigenvalue weighted by Gasteiger charge is 2.37. The fourth-order valence-electron chi connectivity index (χ4n) is 3.80. The Morgan fingerprint density at radius 3 is 2.53 bits per heavy atom. The first-order valence-corrected chi connectivity index (χ1v) is 11.9. The highest BCUT2D eigenvalue weighted by molar-refractivity contribution is 7.92. The molecule has 0 saturated heterocycles. The van der Waals surface area contributed by atoms with Gasteiger partial charge in [-0.1, -0.05) is 6.07 Å². The van der Waals surface area contributed by atoms with Crippen LogP contribution in [0.15, 0.2) is 65.6 Å². The van der Waals surface area contributed by atoms with Crippen LogP contribution in [0.3, 0.4) is 0 Å². The zero-order valence-electron chi connectivity index (χ0n) is 18.5. The molecule has 1 amide bonds. The van der Waals surface area contributed by atoms with Gasteiger partial charge in [0.15, 0.2) is 17.6 Å². The van der Waals surface area contributed by atoms with Crippen molar-refractivity contribution in [3.63, 3.8) is 0 Å². The Balaban J connectivity index is 1.45. The number of anilines is 2. The van der Waals surface area contributed by atoms with Gasteiger partial charge < -0.3 is 24.3 Å². The second kappa shape index (κ2) is 8.45. The number of methoxy groups -OCH3 is 1. The maximum Gasteiger partial charge on any atom is 0.267 e. The molecule has 10 heteroatoms. The Morgan fingerprint density at radius 1 is 1.00 bits per heavy atom. The van der Waals surface area contributed by atoms with E-state index in [9.17, 15) is 13.2 Å². The summed E-state index contributed by atoms with van der Waals surface area (Å²) in [5.41, 5.74) is 1.73. The van der Waals surface area contributed by atoms with Gasteiger partial charge in [0.25, 0.3) is 15.9 Å². The van der Waals surface area contributed by atoms with Crippen LogP contribution in [0.2, 0.25) is 0 Å². The van der Waals surface area contributed by atoms with E-state index in [0.717, 1.165) is 5.56 Å². The molecule has 1 atom stereocenters. The summed E-state index contributed by atoms with van der Waals surface area (Å²) in [4.78, 5) is 13.2. The number of nitrogens with one attached hydrogen (secondary N) is 1. The average Bonchev–Trinajstić information content (AvgIpc) is 3.31. The van der Waals surface area contributed by atoms with Gasteiger partial charge in [0.1, 0.15) is 11.5 Å². The summed E-state index contributed by atoms with van der Waals surface area (Å²) >= 11 is 0. The van der Waals surface area contributed by atoms with E-state index in [-0.39, 0.29) is 18.2 Å². The molecule has 176 valence electrons. The van der Waals surface area contributed by atoms with Crippen molar-refractivity contribution in [3.05, 3.63) is 66.2 Å². The van der Waals surface area contributed by atoms with E-state index in [1.165, 1.54) is 23.5 Å². The fraction of sp³-hybridized carbons (Fsp3) is 0.208. The first-order chi connectivity index (χ1) is 16.3. The number of aryl methyl sites for hydroxylation is 1. The Labute approximate surface area is 196 Å². The van der Waals surface area contributed by atoms with Crippen molar-refractivity contribution in [2.45, 2.75) is 17.9 Å². The number of carbonyl (C=O) groups is 1. The van der Waals surface area contributed by atoms with E-state index in [1.54, 1.807) is 48.5 Å². The van der Waals surface area contributed by atoms with Gasteiger partial charge in [0.2, 0.25) is 6.79 Å². The molecule has 34 heavy (non-hydrogen) atoms. The number of ether oxygens (including phenoxy) is 4. The lowest BCUT2D eigenvalue weighted by Gasteiger charge is -2.35. The highest BCUT2D eigenvalue weighted by atomic mass is 32.2. The van der Waals surface area contributed by atoms with Gasteiger partial charge in [-0.25, -0.2) is 8.42 Å². The zero-order chi connectivity index (χ0) is 23.9. The minimum atomic E-state index is -3.98. The minimum absolute atomic E-state index is 0.0802. The number of sulfonamides is 1. The number of nitrogens with zero attached hydrogens (tertiary/aromatic N) is 1. The fourth-order valence-corrected chi connectivity index (χ4v) is 5.27. The number of hydrogen-bond acceptors (Lipinski definition) is 7. The Hall–Kier alpha value is -3.92. The van der Waals surface area contributed by atoms with Crippen LogP contribution in [0, 0.1) is 6.92 Å². The molecule has 0 aromatic heterocycles. The van der Waals surface area contributed by atoms with Crippen LogP contribution in [-0.4, -0.2) is 40.9 Å². The summed E-state index contributed by atoms with van der Waals surface area (Å²) in [6, 6.07) is 16.3. The average molecular weight is 483 g/mol. The van der Waals surface area contributed by atoms with E-state index < -0.39 is 22.0 Å². The minimum Gasteiger partial charge on any atom is -0.497 e. The van der Waals surface area contributed by atoms with Crippen LogP contribution < -0.4 is 28.6 Å². The third-order valence-corrected chi connectivity index (χ3v) is 7.36. The lowest BCUT2D eigenvalue weighted by Crippen LogP contribution is -2.48. The predicted octanol–water partition coefficient (Wildman–Crippen LogP) is 3.33. The molecule has 1 N–H and O–H groups in total. The quantitative estimate of drug-likeness (QED) is 0.595. The van der Waals surface area contributed by atoms with Crippen molar-refractivity contribution < 1.29 is 32.2 Å². The molecule has 2 aliphatic heterocycles. The second-order valence-electron chi connectivity index (χ2n) is 7.85. The van der Waals surface area contributed by atoms with Crippen molar-refractivity contribution in [1.29, 1.82) is 0 Å². The van der Waals surface area contributed by atoms with Crippen molar-refractivity contribution in [2.75, 3.05) is 30.1 Å². The Morgan fingerprint density at radius 2 is 1.76 bits per heavy atom. The number of rotatable bonds is 5. The van der Waals surface area contributed by atoms with Crippen LogP contribution in [0.1, 0.15) is 5.56 Å². The Kier molecular flexibility index (Phi) is 5.45. The van der Waals surface area contributed by atoms with Crippen LogP contribution in [-0.2, 0) is 14.8 Å². The first kappa shape index (κ1) is 21.9. The standard InChI is InChI=1S/C24H22N2O7S/c1-15-3-9-19-21(11-15)33-23(24(27)25-16-4-10-20-22(12-16)32-14-31-20)13-26(19)34(28,29)18-7-5-17(30-2)6-8-18/h3-12,23H,13-14H2,1-2H3,(H,25,27). The molecule has 1 unspecified atom stereocenters. The summed E-state index contributed by atoms with van der Waals surface area (Å²) in [5.74, 6) is 1.48. The third-order valence-electron chi connectivity index (χ3n) is 5.56. The summed E-state index contributed by atoms with van der Waals surface area (Å²) in [6.07, 6.45) is -1.08. The zero-order valence-corrected chi connectivity index (χ0v) is 19.3. The molecule has 2 heterocycles. The molecule has 3 aromatic carbocycles. The molecule has 9 nitrogen and oxygen atoms in total. The molecule has 0 fully saturated rings. The van der Waals surface area contributed by atoms with Gasteiger partial charge in [-0.05, 0) is 61.0 Å². The summed E-state index contributed by atoms with van der Waals surface area (Å²) in [5, 5.41) is 2.78. The lowest BCUT2D eigenvalue weighted by molar-refractivity contribution is -0.122. The largest absolute Gasteiger partial charge is 0.497 e. The number of benzene rings is 3. The molecule has 5 rings (SSSR count). The maximum atomic E-state index is 13.6. The summed E-state index contributed by atoms with van der Waals surface area (Å²) < 4.78 is 50.0. The van der Waals surface area contributed by atoms with E-state index >= 15 is 0 Å². The van der Waals surface area contributed by atoms with Crippen molar-refractivity contribution in [2.24, 2.45) is 0 Å². The monoisotopic (exact) mass is 482 g/mol. The molecule has 0 aliphatic carbocycles. The molecular formula is C24H22N2O7S. The van der Waals surface area contributed by atoms with Gasteiger partial charge in [-0.15, -0.1) is 0 Å². The van der Waals surface area contributed by atoms with Gasteiger partial charge >= 0.3 is 0 Å². The molecule has 0 bridgehead atoms. The van der Waals surface area contributed by atoms with Gasteiger partial charge in [0.05, 0.1) is 24.2 Å². The number of carbonyl (C=O) groups excluding carboxylic acids is 1. The van der Waals surface area contributed by atoms with Crippen LogP contribution in [0.4, 0.5) is 11.4 Å². The SMILES string of the molecule is COc1ccc(S(=O)(=O)N2CC(C(=O)Nc3ccc4c(c3)OCO4)Oc3cc(C)ccc32)cc1. The van der Waals surface area contributed by atoms with Crippen molar-refractivity contribution in [3.8, 4) is 23.0 Å². The topological polar surface area (TPSA) is 103 Å². The maximum absolute atomic E-state index is 13.6.